The second-order valence-electron chi connectivity index (χ2n) is 4.99. The molecule has 1 aliphatic heterocycles. The molecule has 3 aromatic rings. The van der Waals surface area contributed by atoms with Crippen molar-refractivity contribution >= 4 is 33.6 Å². The number of fused-ring (bicyclic) bond motifs is 1. The fraction of sp³-hybridized carbons (Fsp3) is 0.308. The van der Waals surface area contributed by atoms with E-state index >= 15 is 0 Å². The zero-order chi connectivity index (χ0) is 14.4. The molecule has 6 nitrogen and oxygen atoms in total. The van der Waals surface area contributed by atoms with Crippen molar-refractivity contribution in [2.24, 2.45) is 0 Å². The molecular formula is C13H12ClN5OS. The fourth-order valence-electron chi connectivity index (χ4n) is 2.48. The Morgan fingerprint density at radius 2 is 2.24 bits per heavy atom. The minimum atomic E-state index is 0.263. The summed E-state index contributed by atoms with van der Waals surface area (Å²) in [5.74, 6) is 1.12. The molecule has 1 atom stereocenters. The molecule has 1 saturated heterocycles. The van der Waals surface area contributed by atoms with Crippen molar-refractivity contribution in [2.45, 2.75) is 12.3 Å². The Hall–Kier alpha value is -1.70. The maximum absolute atomic E-state index is 6.05. The van der Waals surface area contributed by atoms with Gasteiger partial charge in [0, 0.05) is 28.8 Å². The average Bonchev–Trinajstić information content (AvgIpc) is 3.13. The predicted octanol–water partition coefficient (Wildman–Crippen LogP) is 2.59. The zero-order valence-electron chi connectivity index (χ0n) is 11.0. The van der Waals surface area contributed by atoms with Crippen LogP contribution in [0.1, 0.15) is 18.2 Å². The maximum atomic E-state index is 6.05. The first-order valence-electron chi connectivity index (χ1n) is 6.57. The summed E-state index contributed by atoms with van der Waals surface area (Å²) >= 11 is 7.52. The number of aromatic nitrogens is 4. The highest BCUT2D eigenvalue weighted by Crippen LogP contribution is 2.31. The number of benzene rings is 1. The molecule has 4 rings (SSSR count). The molecule has 0 radical (unpaired) electrons. The van der Waals surface area contributed by atoms with Gasteiger partial charge in [-0.3, -0.25) is 0 Å². The van der Waals surface area contributed by atoms with E-state index in [1.165, 1.54) is 11.3 Å². The Morgan fingerprint density at radius 1 is 1.33 bits per heavy atom. The molecular weight excluding hydrogens is 310 g/mol. The van der Waals surface area contributed by atoms with Crippen LogP contribution in [0.15, 0.2) is 18.2 Å². The van der Waals surface area contributed by atoms with Crippen LogP contribution < -0.4 is 5.73 Å². The van der Waals surface area contributed by atoms with Gasteiger partial charge in [-0.1, -0.05) is 22.9 Å². The predicted molar refractivity (Wildman–Crippen MR) is 81.7 cm³/mol. The van der Waals surface area contributed by atoms with Crippen LogP contribution in [-0.2, 0) is 4.74 Å². The van der Waals surface area contributed by atoms with Crippen LogP contribution >= 0.6 is 22.9 Å². The largest absolute Gasteiger partial charge is 0.399 e. The average molecular weight is 322 g/mol. The Bertz CT molecular complexity index is 788. The van der Waals surface area contributed by atoms with Crippen LogP contribution in [0, 0.1) is 0 Å². The number of hydrogen-bond donors (Lipinski definition) is 1. The number of halogens is 1. The van der Waals surface area contributed by atoms with E-state index in [1.54, 1.807) is 10.6 Å². The van der Waals surface area contributed by atoms with Crippen molar-refractivity contribution in [1.82, 2.24) is 19.8 Å². The van der Waals surface area contributed by atoms with Crippen LogP contribution in [0.5, 0.6) is 0 Å². The molecule has 108 valence electrons. The molecule has 3 heterocycles. The van der Waals surface area contributed by atoms with Crippen LogP contribution in [0.3, 0.4) is 0 Å². The van der Waals surface area contributed by atoms with Crippen molar-refractivity contribution in [1.29, 1.82) is 0 Å². The maximum Gasteiger partial charge on any atom is 0.234 e. The first-order chi connectivity index (χ1) is 10.2. The Morgan fingerprint density at radius 3 is 3.00 bits per heavy atom. The summed E-state index contributed by atoms with van der Waals surface area (Å²) in [5.41, 5.74) is 7.35. The van der Waals surface area contributed by atoms with Gasteiger partial charge in [-0.15, -0.1) is 10.2 Å². The van der Waals surface area contributed by atoms with E-state index in [9.17, 15) is 0 Å². The third kappa shape index (κ3) is 2.27. The monoisotopic (exact) mass is 321 g/mol. The van der Waals surface area contributed by atoms with Gasteiger partial charge in [-0.2, -0.15) is 9.61 Å². The van der Waals surface area contributed by atoms with Gasteiger partial charge in [0.1, 0.15) is 5.01 Å². The van der Waals surface area contributed by atoms with Crippen molar-refractivity contribution in [3.63, 3.8) is 0 Å². The third-order valence-electron chi connectivity index (χ3n) is 3.48. The normalized spacial score (nSPS) is 18.6. The van der Waals surface area contributed by atoms with Crippen LogP contribution in [-0.4, -0.2) is 33.0 Å². The Labute approximate surface area is 129 Å². The van der Waals surface area contributed by atoms with Crippen molar-refractivity contribution in [2.75, 3.05) is 18.9 Å². The summed E-state index contributed by atoms with van der Waals surface area (Å²) in [6.45, 7) is 1.44. The van der Waals surface area contributed by atoms with Gasteiger partial charge in [0.2, 0.25) is 4.96 Å². The Kier molecular flexibility index (Phi) is 3.06. The van der Waals surface area contributed by atoms with E-state index < -0.39 is 0 Å². The molecule has 0 bridgehead atoms. The highest BCUT2D eigenvalue weighted by Gasteiger charge is 2.25. The summed E-state index contributed by atoms with van der Waals surface area (Å²) in [6.07, 6.45) is 0.956. The fourth-order valence-corrected chi connectivity index (χ4v) is 3.55. The first kappa shape index (κ1) is 13.0. The lowest BCUT2D eigenvalue weighted by Gasteiger charge is -2.02. The first-order valence-corrected chi connectivity index (χ1v) is 7.76. The summed E-state index contributed by atoms with van der Waals surface area (Å²) in [6, 6.07) is 5.42. The van der Waals surface area contributed by atoms with E-state index in [1.807, 2.05) is 12.1 Å². The van der Waals surface area contributed by atoms with Gasteiger partial charge >= 0.3 is 0 Å². The van der Waals surface area contributed by atoms with Gasteiger partial charge in [-0.05, 0) is 24.6 Å². The molecule has 1 unspecified atom stereocenters. The molecule has 1 aliphatic rings. The summed E-state index contributed by atoms with van der Waals surface area (Å²) in [7, 11) is 0. The van der Waals surface area contributed by atoms with E-state index in [-0.39, 0.29) is 5.92 Å². The molecule has 0 aliphatic carbocycles. The number of nitrogen functional groups attached to an aromatic ring is 1. The van der Waals surface area contributed by atoms with Crippen molar-refractivity contribution < 1.29 is 4.74 Å². The number of nitrogens with zero attached hydrogens (tertiary/aromatic N) is 4. The topological polar surface area (TPSA) is 78.3 Å². The highest BCUT2D eigenvalue weighted by atomic mass is 35.5. The molecule has 0 spiro atoms. The molecule has 0 amide bonds. The van der Waals surface area contributed by atoms with Crippen LogP contribution in [0.2, 0.25) is 5.02 Å². The van der Waals surface area contributed by atoms with Crippen LogP contribution in [0.25, 0.3) is 15.5 Å². The lowest BCUT2D eigenvalue weighted by Crippen LogP contribution is -2.04. The number of nitrogens with two attached hydrogens (primary N) is 1. The van der Waals surface area contributed by atoms with Gasteiger partial charge in [0.25, 0.3) is 0 Å². The van der Waals surface area contributed by atoms with E-state index in [4.69, 9.17) is 22.1 Å². The molecule has 0 saturated carbocycles. The zero-order valence-corrected chi connectivity index (χ0v) is 12.6. The Balaban J connectivity index is 1.80. The third-order valence-corrected chi connectivity index (χ3v) is 4.64. The van der Waals surface area contributed by atoms with E-state index in [2.05, 4.69) is 15.3 Å². The standard InChI is InChI=1S/C13H12ClN5OS/c14-9-3-8(4-10(15)5-9)12-18-19-11(7-1-2-20-6-7)16-17-13(19)21-12/h3-5,7H,1-2,6,15H2. The summed E-state index contributed by atoms with van der Waals surface area (Å²) in [4.78, 5) is 0.769. The SMILES string of the molecule is Nc1cc(Cl)cc(-c2nn3c(C4CCOC4)nnc3s2)c1. The molecule has 1 fully saturated rings. The second kappa shape index (κ2) is 4.94. The molecule has 1 aromatic carbocycles. The highest BCUT2D eigenvalue weighted by molar-refractivity contribution is 7.19. The van der Waals surface area contributed by atoms with Gasteiger partial charge in [0.15, 0.2) is 5.82 Å². The summed E-state index contributed by atoms with van der Waals surface area (Å²) in [5, 5.41) is 14.5. The smallest absolute Gasteiger partial charge is 0.234 e. The lowest BCUT2D eigenvalue weighted by molar-refractivity contribution is 0.193. The molecule has 8 heteroatoms. The molecule has 2 aromatic heterocycles. The van der Waals surface area contributed by atoms with Crippen molar-refractivity contribution in [3.05, 3.63) is 29.0 Å². The van der Waals surface area contributed by atoms with E-state index in [0.29, 0.717) is 17.3 Å². The minimum absolute atomic E-state index is 0.263. The van der Waals surface area contributed by atoms with Gasteiger partial charge in [0.05, 0.1) is 6.61 Å². The van der Waals surface area contributed by atoms with Gasteiger partial charge in [-0.25, -0.2) is 0 Å². The molecule has 21 heavy (non-hydrogen) atoms. The minimum Gasteiger partial charge on any atom is -0.399 e. The number of ether oxygens (including phenoxy) is 1. The van der Waals surface area contributed by atoms with Crippen molar-refractivity contribution in [3.8, 4) is 10.6 Å². The number of rotatable bonds is 2. The van der Waals surface area contributed by atoms with E-state index in [0.717, 1.165) is 34.4 Å². The quantitative estimate of drug-likeness (QED) is 0.734. The van der Waals surface area contributed by atoms with Crippen LogP contribution in [0.4, 0.5) is 5.69 Å². The lowest BCUT2D eigenvalue weighted by atomic mass is 10.1. The molecule has 2 N–H and O–H groups in total. The number of hydrogen-bond acceptors (Lipinski definition) is 6. The second-order valence-corrected chi connectivity index (χ2v) is 6.39. The van der Waals surface area contributed by atoms with Gasteiger partial charge < -0.3 is 10.5 Å². The summed E-state index contributed by atoms with van der Waals surface area (Å²) < 4.78 is 7.22. The number of anilines is 1.